The Morgan fingerprint density at radius 2 is 1.51 bits per heavy atom. The molecule has 8 atom stereocenters. The van der Waals surface area contributed by atoms with Gasteiger partial charge in [0.25, 0.3) is 0 Å². The van der Waals surface area contributed by atoms with Crippen molar-refractivity contribution in [2.45, 2.75) is 133 Å². The molecule has 0 aliphatic carbocycles. The van der Waals surface area contributed by atoms with Crippen molar-refractivity contribution in [2.75, 3.05) is 140 Å². The minimum Gasteiger partial charge on any atom is -0.495 e. The van der Waals surface area contributed by atoms with Crippen LogP contribution in [0.4, 0.5) is 10.5 Å². The average molecular weight is 1330 g/mol. The van der Waals surface area contributed by atoms with Gasteiger partial charge in [-0.1, -0.05) is 53.6 Å². The molecule has 2 aromatic carbocycles. The SMILES string of the molecule is CNN(C)Cc1cc2ccccc2n1CCC(=O)N[C@@H](CCO)C(=O)NCCOCCOCCOCCOCCOCCOCCC(=O)N(C)[C@@H](C)C(=O)O[C@H]1CC(=O)N(C)c2cc(cc(OC)c2Cl)C/C(C)=C/C=C/[C@@H](OC)[C@@]2(O)C[C@H](OC(=O)N2)C2(C)C[C@@]1(C)O2. The fourth-order valence-electron chi connectivity index (χ4n) is 11.3. The highest BCUT2D eigenvalue weighted by Crippen LogP contribution is 2.50. The Morgan fingerprint density at radius 3 is 2.12 bits per heavy atom. The minimum absolute atomic E-state index is 0.0481. The number of fused-ring (bicyclic) bond motifs is 7. The number of rotatable bonds is 36. The molecule has 518 valence electrons. The average Bonchev–Trinajstić information content (AvgIpc) is 1.50. The van der Waals surface area contributed by atoms with E-state index < -0.39 is 77.1 Å². The monoisotopic (exact) mass is 1330 g/mol. The van der Waals surface area contributed by atoms with Crippen molar-refractivity contribution < 1.29 is 91.1 Å². The van der Waals surface area contributed by atoms with Gasteiger partial charge in [0.1, 0.15) is 52.4 Å². The maximum absolute atomic E-state index is 14.4. The van der Waals surface area contributed by atoms with Crippen LogP contribution < -0.4 is 31.0 Å². The normalized spacial score (nSPS) is 23.2. The number of nitrogens with one attached hydrogen (secondary N) is 4. The van der Waals surface area contributed by atoms with E-state index in [-0.39, 0.29) is 89.0 Å². The summed E-state index contributed by atoms with van der Waals surface area (Å²) in [5.41, 5.74) is 2.77. The summed E-state index contributed by atoms with van der Waals surface area (Å²) in [7, 11) is 9.70. The largest absolute Gasteiger partial charge is 0.495 e. The number of methoxy groups -OCH3 is 2. The number of benzene rings is 2. The fourth-order valence-corrected chi connectivity index (χ4v) is 11.6. The summed E-state index contributed by atoms with van der Waals surface area (Å²) in [6, 6.07) is 11.7. The molecule has 3 aromatic rings. The van der Waals surface area contributed by atoms with E-state index >= 15 is 0 Å². The van der Waals surface area contributed by atoms with E-state index in [1.807, 2.05) is 56.4 Å². The molecule has 5 heterocycles. The number of aromatic nitrogens is 1. The highest BCUT2D eigenvalue weighted by Gasteiger charge is 2.63. The lowest BCUT2D eigenvalue weighted by molar-refractivity contribution is -0.328. The van der Waals surface area contributed by atoms with E-state index in [1.54, 1.807) is 45.2 Å². The number of hydrogen-bond acceptors (Lipinski definition) is 21. The molecule has 28 heteroatoms. The smallest absolute Gasteiger partial charge is 0.409 e. The molecule has 0 spiro atoms. The highest BCUT2D eigenvalue weighted by atomic mass is 35.5. The van der Waals surface area contributed by atoms with Crippen molar-refractivity contribution in [3.05, 3.63) is 82.5 Å². The standard InChI is InChI=1S/C65H97ClN8O19/c1-44-14-13-17-53(84-10)65(82)41-55(92-62(81)70-65)64(4)43-63(3,93-64)54(40-58(78)73(8)51-37-46(36-44)38-52(83-9)59(51)66)91-61(80)45(2)72(7)57(77)20-24-85-26-28-87-30-32-89-34-35-90-33-31-88-29-27-86-25-21-68-60(79)49(19-23-75)69-56(76)18-22-74-48(42-71(6)67-5)39-47-15-11-12-16-50(47)74/h11-17,37-39,45,49,53-55,67,75,82H,18-36,40-43H2,1-10H3,(H,68,79)(H,69,76)(H,70,81)/b17-13+,44-14+/t45-,49-,53+,54-,55-,63+,64?,65-/m0/s1. The maximum Gasteiger partial charge on any atom is 0.409 e. The Labute approximate surface area is 549 Å². The molecule has 1 unspecified atom stereocenters. The van der Waals surface area contributed by atoms with Crippen LogP contribution in [0.2, 0.25) is 5.02 Å². The van der Waals surface area contributed by atoms with Crippen LogP contribution >= 0.6 is 11.6 Å². The molecule has 0 radical (unpaired) electrons. The number of carbonyl (C=O) groups is 6. The van der Waals surface area contributed by atoms with Gasteiger partial charge in [-0.15, -0.1) is 0 Å². The van der Waals surface area contributed by atoms with E-state index in [0.717, 1.165) is 27.7 Å². The number of hydrazine groups is 1. The number of anilines is 1. The molecule has 27 nitrogen and oxygen atoms in total. The first-order valence-electron chi connectivity index (χ1n) is 31.5. The van der Waals surface area contributed by atoms with E-state index in [4.69, 9.17) is 63.7 Å². The zero-order valence-electron chi connectivity index (χ0n) is 55.4. The van der Waals surface area contributed by atoms with Crippen molar-refractivity contribution in [2.24, 2.45) is 0 Å². The van der Waals surface area contributed by atoms with Crippen LogP contribution in [0.3, 0.4) is 0 Å². The number of ether oxygens (including phenoxy) is 11. The summed E-state index contributed by atoms with van der Waals surface area (Å²) in [6.45, 7) is 11.2. The number of likely N-dealkylation sites (N-methyl/N-ethyl adjacent to an activating group) is 1. The molecule has 6 bridgehead atoms. The van der Waals surface area contributed by atoms with Crippen LogP contribution in [0.25, 0.3) is 10.9 Å². The van der Waals surface area contributed by atoms with Crippen molar-refractivity contribution in [3.63, 3.8) is 0 Å². The summed E-state index contributed by atoms with van der Waals surface area (Å²) in [4.78, 5) is 83.3. The first-order valence-corrected chi connectivity index (χ1v) is 31.8. The molecule has 5 amide bonds. The summed E-state index contributed by atoms with van der Waals surface area (Å²) in [5.74, 6) is -2.03. The zero-order chi connectivity index (χ0) is 67.7. The van der Waals surface area contributed by atoms with Crippen LogP contribution in [0.1, 0.15) is 77.5 Å². The summed E-state index contributed by atoms with van der Waals surface area (Å²) in [5, 5.41) is 32.7. The third-order valence-corrected chi connectivity index (χ3v) is 17.0. The second-order valence-electron chi connectivity index (χ2n) is 23.7. The molecule has 93 heavy (non-hydrogen) atoms. The maximum atomic E-state index is 14.4. The molecule has 4 aliphatic heterocycles. The van der Waals surface area contributed by atoms with Gasteiger partial charge in [-0.2, -0.15) is 0 Å². The van der Waals surface area contributed by atoms with Gasteiger partial charge in [-0.05, 0) is 82.8 Å². The van der Waals surface area contributed by atoms with Gasteiger partial charge in [0.05, 0.1) is 111 Å². The molecule has 7 rings (SSSR count). The molecule has 2 fully saturated rings. The van der Waals surface area contributed by atoms with Crippen LogP contribution in [0.5, 0.6) is 5.75 Å². The fraction of sp³-hybridized carbons (Fsp3) is 0.631. The number of aliphatic hydroxyl groups is 2. The molecular weight excluding hydrogens is 1230 g/mol. The summed E-state index contributed by atoms with van der Waals surface area (Å²) < 4.78 is 65.3. The summed E-state index contributed by atoms with van der Waals surface area (Å²) in [6.07, 6.45) is 1.32. The molecule has 0 saturated carbocycles. The third-order valence-electron chi connectivity index (χ3n) is 16.6. The van der Waals surface area contributed by atoms with Gasteiger partial charge in [0, 0.05) is 78.4 Å². The predicted octanol–water partition coefficient (Wildman–Crippen LogP) is 3.74. The molecular formula is C65H97ClN8O19. The number of allylic oxidation sites excluding steroid dienone is 3. The Balaban J connectivity index is 0.823. The lowest BCUT2D eigenvalue weighted by atomic mass is 9.72. The molecule has 6 N–H and O–H groups in total. The number of aliphatic hydroxyl groups excluding tert-OH is 1. The third kappa shape index (κ3) is 22.1. The molecule has 1 aromatic heterocycles. The van der Waals surface area contributed by atoms with Crippen LogP contribution in [0, 0.1) is 0 Å². The van der Waals surface area contributed by atoms with Crippen LogP contribution in [0.15, 0.2) is 66.3 Å². The van der Waals surface area contributed by atoms with Gasteiger partial charge in [0.2, 0.25) is 23.6 Å². The molecule has 2 saturated heterocycles. The number of halogens is 1. The van der Waals surface area contributed by atoms with Gasteiger partial charge in [-0.3, -0.25) is 29.9 Å². The van der Waals surface area contributed by atoms with E-state index in [9.17, 15) is 39.0 Å². The first kappa shape index (κ1) is 75.7. The van der Waals surface area contributed by atoms with Gasteiger partial charge in [0.15, 0.2) is 5.72 Å². The predicted molar refractivity (Wildman–Crippen MR) is 344 cm³/mol. The second kappa shape index (κ2) is 37.1. The van der Waals surface area contributed by atoms with E-state index in [0.29, 0.717) is 83.8 Å². The Hall–Kier alpha value is -6.31. The zero-order valence-corrected chi connectivity index (χ0v) is 56.2. The minimum atomic E-state index is -1.90. The van der Waals surface area contributed by atoms with Crippen LogP contribution in [-0.4, -0.2) is 243 Å². The quantitative estimate of drug-likeness (QED) is 0.0274. The van der Waals surface area contributed by atoms with Gasteiger partial charge >= 0.3 is 12.1 Å². The van der Waals surface area contributed by atoms with Gasteiger partial charge in [-0.25, -0.2) is 14.6 Å². The Kier molecular flexibility index (Phi) is 30.2. The van der Waals surface area contributed by atoms with Crippen molar-refractivity contribution in [3.8, 4) is 5.75 Å². The lowest BCUT2D eigenvalue weighted by Gasteiger charge is -2.59. The van der Waals surface area contributed by atoms with Crippen molar-refractivity contribution >= 4 is 63.9 Å². The van der Waals surface area contributed by atoms with Crippen LogP contribution in [-0.2, 0) is 90.9 Å². The second-order valence-corrected chi connectivity index (χ2v) is 24.1. The summed E-state index contributed by atoms with van der Waals surface area (Å²) >= 11 is 6.82. The van der Waals surface area contributed by atoms with E-state index in [2.05, 4.69) is 32.0 Å². The Bertz CT molecular complexity index is 3000. The first-order chi connectivity index (χ1) is 44.5. The van der Waals surface area contributed by atoms with Crippen molar-refractivity contribution in [1.29, 1.82) is 0 Å². The molecule has 4 aliphatic rings. The van der Waals surface area contributed by atoms with Crippen molar-refractivity contribution in [1.82, 2.24) is 35.9 Å². The number of esters is 1. The topological polar surface area (TPSA) is 307 Å². The highest BCUT2D eigenvalue weighted by molar-refractivity contribution is 6.35. The van der Waals surface area contributed by atoms with E-state index in [1.165, 1.54) is 38.0 Å². The number of hydrogen-bond donors (Lipinski definition) is 6. The lowest BCUT2D eigenvalue weighted by Crippen LogP contribution is -2.72. The Morgan fingerprint density at radius 1 is 0.882 bits per heavy atom. The number of alkyl carbamates (subject to hydrolysis) is 1. The number of carbonyl (C=O) groups excluding carboxylic acids is 6. The number of nitrogens with zero attached hydrogens (tertiary/aromatic N) is 4. The number of para-hydroxylation sites is 1. The number of aryl methyl sites for hydroxylation is 1. The number of amides is 5. The van der Waals surface area contributed by atoms with Gasteiger partial charge < -0.3 is 87.3 Å².